The molecule has 3 aliphatic rings. The molecule has 0 atom stereocenters. The molecule has 0 spiro atoms. The first-order chi connectivity index (χ1) is 34.8. The Bertz CT molecular complexity index is 3660. The molecule has 3 heterocycles. The van der Waals surface area contributed by atoms with Gasteiger partial charge in [-0.05, 0) is 41.4 Å². The zero-order valence-electron chi connectivity index (χ0n) is 41.0. The molecule has 7 aromatic carbocycles. The maximum atomic E-state index is 6.98. The van der Waals surface area contributed by atoms with Crippen LogP contribution in [0.15, 0.2) is 164 Å². The molecule has 0 N–H and O–H groups in total. The van der Waals surface area contributed by atoms with Gasteiger partial charge in [0.05, 0.1) is 0 Å². The van der Waals surface area contributed by atoms with Crippen LogP contribution in [0.4, 0.5) is 0 Å². The fraction of sp³-hybridized carbons (Fsp3) is 0.262. The number of fused-ring (bicyclic) bond motifs is 4. The van der Waals surface area contributed by atoms with Gasteiger partial charge in [0.1, 0.15) is 0 Å². The molecule has 0 saturated heterocycles. The van der Waals surface area contributed by atoms with E-state index in [0.29, 0.717) is 11.8 Å². The number of aromatic nitrogens is 4. The summed E-state index contributed by atoms with van der Waals surface area (Å²) in [4.78, 5) is 5.02. The first kappa shape index (κ1) is 44.4. The van der Waals surface area contributed by atoms with Crippen LogP contribution in [-0.2, 0) is 37.6 Å². The Balaban J connectivity index is 0.968. The van der Waals surface area contributed by atoms with Crippen molar-refractivity contribution < 1.29 is 24.1 Å². The quantitative estimate of drug-likeness (QED) is 0.152. The Morgan fingerprint density at radius 3 is 1.86 bits per heavy atom. The van der Waals surface area contributed by atoms with Gasteiger partial charge in [-0.25, -0.2) is 0 Å². The topological polar surface area (TPSA) is 36.9 Å². The molecule has 3 aliphatic carbocycles. The van der Waals surface area contributed by atoms with Crippen molar-refractivity contribution >= 4 is 32.8 Å². The standard InChI is InChI=1S/C65H60N4O.Pt/c1-65(2,3)48-36-37-66-60(39-48)69-56-35-32-47(43-18-7-4-8-19-43)38-55(56)52-34-33-51(41-59(52)69)70-50-27-17-26-49(40-50)67-42-68(58-31-14-13-30-57(58)67)64-62(45-20-9-5-10-21-45)53-28-15-24-44-25-16-29-54(61(44)53)63(64)46-22-11-6-12-23-46;/h5-6,9-14,17,20-23,26-27,30-41,43-44H,4,7-8,15-16,18-19,24-25,28-29H2,1-3H3;. The molecule has 5 nitrogen and oxygen atoms in total. The van der Waals surface area contributed by atoms with Gasteiger partial charge in [-0.2, -0.15) is 0 Å². The van der Waals surface area contributed by atoms with Crippen molar-refractivity contribution in [1.29, 1.82) is 0 Å². The maximum absolute atomic E-state index is 6.98. The third-order valence-electron chi connectivity index (χ3n) is 16.1. The summed E-state index contributed by atoms with van der Waals surface area (Å²) in [7, 11) is 0. The van der Waals surface area contributed by atoms with Crippen LogP contribution in [0, 0.1) is 3.80 Å². The first-order valence-corrected chi connectivity index (χ1v) is 27.3. The number of hydrogen-bond donors (Lipinski definition) is 0. The second-order valence-corrected chi connectivity index (χ2v) is 22.5. The van der Waals surface area contributed by atoms with Crippen molar-refractivity contribution in [1.82, 2.24) is 18.7 Å². The number of rotatable bonds is 8. The number of pyridine rings is 1. The second kappa shape index (κ2) is 17.9. The van der Waals surface area contributed by atoms with Crippen LogP contribution in [0.5, 0.6) is 11.5 Å². The number of para-hydroxylation sites is 2. The fourth-order valence-electron chi connectivity index (χ4n) is 12.8. The van der Waals surface area contributed by atoms with Crippen LogP contribution in [0.3, 0.4) is 0 Å². The molecule has 3 aromatic heterocycles. The molecule has 13 rings (SSSR count). The molecule has 10 aromatic rings. The van der Waals surface area contributed by atoms with Crippen LogP contribution < -0.4 is 4.74 Å². The number of imidazole rings is 1. The Morgan fingerprint density at radius 1 is 0.521 bits per heavy atom. The summed E-state index contributed by atoms with van der Waals surface area (Å²) in [6.07, 6.45) is 15.7. The van der Waals surface area contributed by atoms with E-state index in [2.05, 4.69) is 212 Å². The van der Waals surface area contributed by atoms with E-state index in [-0.39, 0.29) is 5.41 Å². The van der Waals surface area contributed by atoms with Crippen LogP contribution >= 0.6 is 0 Å². The predicted octanol–water partition coefficient (Wildman–Crippen LogP) is 17.2. The summed E-state index contributed by atoms with van der Waals surface area (Å²) < 4.78 is 15.5. The third kappa shape index (κ3) is 7.69. The van der Waals surface area contributed by atoms with E-state index in [1.807, 2.05) is 6.20 Å². The van der Waals surface area contributed by atoms with Crippen LogP contribution in [-0.4, -0.2) is 18.7 Å². The van der Waals surface area contributed by atoms with Crippen LogP contribution in [0.25, 0.3) is 72.3 Å². The zero-order valence-corrected chi connectivity index (χ0v) is 43.3. The van der Waals surface area contributed by atoms with E-state index < -0.39 is 0 Å². The molecule has 6 heteroatoms. The van der Waals surface area contributed by atoms with Gasteiger partial charge in [0.2, 0.25) is 0 Å². The fourth-order valence-corrected chi connectivity index (χ4v) is 13.9. The number of nitrogens with zero attached hydrogens (tertiary/aromatic N) is 4. The van der Waals surface area contributed by atoms with Gasteiger partial charge < -0.3 is 0 Å². The summed E-state index contributed by atoms with van der Waals surface area (Å²) in [5.41, 5.74) is 19.8. The SMILES string of the molecule is CC(C)(C)c1ccnc(-n2c3ccc(C4CCCCC4)cc3c3ccc(Oc4cccc(-n5[c](=[Pt])n(-c6c(-c7ccccc7)c7c8c(c6-c6ccccc6)CCCC8CCC7)c6ccccc65)c4)cc32)c1. The molecule has 71 heavy (non-hydrogen) atoms. The van der Waals surface area contributed by atoms with Crippen molar-refractivity contribution in [3.05, 3.63) is 196 Å². The van der Waals surface area contributed by atoms with Crippen molar-refractivity contribution in [3.63, 3.8) is 0 Å². The molecule has 1 fully saturated rings. The van der Waals surface area contributed by atoms with E-state index in [4.69, 9.17) is 9.72 Å². The van der Waals surface area contributed by atoms with Gasteiger partial charge >= 0.3 is 337 Å². The van der Waals surface area contributed by atoms with Gasteiger partial charge in [0, 0.05) is 6.20 Å². The Kier molecular flexibility index (Phi) is 11.2. The molecule has 0 unspecified atom stereocenters. The number of hydrogen-bond acceptors (Lipinski definition) is 2. The molecule has 0 bridgehead atoms. The summed E-state index contributed by atoms with van der Waals surface area (Å²) in [6, 6.07) is 58.4. The molecule has 0 amide bonds. The van der Waals surface area contributed by atoms with Crippen molar-refractivity contribution in [2.45, 2.75) is 109 Å². The van der Waals surface area contributed by atoms with E-state index in [1.165, 1.54) is 119 Å². The van der Waals surface area contributed by atoms with Crippen LogP contribution in [0.2, 0.25) is 0 Å². The molecule has 1 saturated carbocycles. The molecular formula is C65H60N4OPt. The second-order valence-electron chi connectivity index (χ2n) is 21.5. The van der Waals surface area contributed by atoms with Crippen molar-refractivity contribution in [2.75, 3.05) is 0 Å². The Morgan fingerprint density at radius 2 is 1.17 bits per heavy atom. The summed E-state index contributed by atoms with van der Waals surface area (Å²) in [6.45, 7) is 6.82. The summed E-state index contributed by atoms with van der Waals surface area (Å²) >= 11 is 2.61. The minimum absolute atomic E-state index is 0.0134. The average molecular weight is 1110 g/mol. The van der Waals surface area contributed by atoms with E-state index in [1.54, 1.807) is 16.7 Å². The first-order valence-electron chi connectivity index (χ1n) is 26.1. The monoisotopic (exact) mass is 1110 g/mol. The third-order valence-corrected chi connectivity index (χ3v) is 17.2. The normalized spacial score (nSPS) is 15.5. The predicted molar refractivity (Wildman–Crippen MR) is 289 cm³/mol. The average Bonchev–Trinajstić information content (AvgIpc) is 3.89. The zero-order chi connectivity index (χ0) is 47.8. The van der Waals surface area contributed by atoms with Gasteiger partial charge in [-0.15, -0.1) is 0 Å². The van der Waals surface area contributed by atoms with Gasteiger partial charge in [-0.1, -0.05) is 46.1 Å². The molecular weight excluding hydrogens is 1050 g/mol. The van der Waals surface area contributed by atoms with Crippen molar-refractivity contribution in [2.24, 2.45) is 0 Å². The Hall–Kier alpha value is -6.55. The van der Waals surface area contributed by atoms with E-state index >= 15 is 0 Å². The summed E-state index contributed by atoms with van der Waals surface area (Å²) in [5.74, 6) is 3.75. The minimum atomic E-state index is -0.0134. The van der Waals surface area contributed by atoms with Crippen molar-refractivity contribution in [3.8, 4) is 50.9 Å². The Labute approximate surface area is 428 Å². The molecule has 0 aliphatic heterocycles. The number of ether oxygens (including phenoxy) is 1. The van der Waals surface area contributed by atoms with Crippen LogP contribution in [0.1, 0.15) is 118 Å². The summed E-state index contributed by atoms with van der Waals surface area (Å²) in [5, 5.41) is 2.49. The molecule has 356 valence electrons. The number of benzene rings is 7. The van der Waals surface area contributed by atoms with E-state index in [0.717, 1.165) is 50.7 Å². The van der Waals surface area contributed by atoms with Gasteiger partial charge in [0.25, 0.3) is 0 Å². The van der Waals surface area contributed by atoms with E-state index in [9.17, 15) is 0 Å². The van der Waals surface area contributed by atoms with Gasteiger partial charge in [-0.3, -0.25) is 0 Å². The molecule has 0 radical (unpaired) electrons. The van der Waals surface area contributed by atoms with Gasteiger partial charge in [0.15, 0.2) is 0 Å².